The number of nitrogens with one attached hydrogen (secondary N) is 1. The Labute approximate surface area is 166 Å². The van der Waals surface area contributed by atoms with E-state index in [1.165, 1.54) is 0 Å². The van der Waals surface area contributed by atoms with Crippen LogP contribution in [0.25, 0.3) is 0 Å². The van der Waals surface area contributed by atoms with Crippen molar-refractivity contribution in [2.75, 3.05) is 5.32 Å². The molecule has 0 aromatic heterocycles. The first-order valence-corrected chi connectivity index (χ1v) is 9.95. The summed E-state index contributed by atoms with van der Waals surface area (Å²) in [6.07, 6.45) is 1.36. The average Bonchev–Trinajstić information content (AvgIpc) is 2.84. The highest BCUT2D eigenvalue weighted by Crippen LogP contribution is 2.30. The predicted octanol–water partition coefficient (Wildman–Crippen LogP) is 4.17. The molecule has 0 radical (unpaired) electrons. The molecule has 0 unspecified atom stereocenters. The minimum absolute atomic E-state index is 0.0303. The van der Waals surface area contributed by atoms with Gasteiger partial charge >= 0.3 is 0 Å². The van der Waals surface area contributed by atoms with Crippen molar-refractivity contribution in [1.82, 2.24) is 4.90 Å². The van der Waals surface area contributed by atoms with Crippen molar-refractivity contribution in [3.63, 3.8) is 0 Å². The molecule has 3 rings (SSSR count). The maximum Gasteiger partial charge on any atom is 0.264 e. The van der Waals surface area contributed by atoms with Crippen LogP contribution in [0.4, 0.5) is 5.69 Å². The van der Waals surface area contributed by atoms with Crippen molar-refractivity contribution in [2.45, 2.75) is 58.7 Å². The molecule has 148 valence electrons. The van der Waals surface area contributed by atoms with Gasteiger partial charge in [-0.1, -0.05) is 44.2 Å². The number of carbonyl (C=O) groups is 2. The van der Waals surface area contributed by atoms with E-state index < -0.39 is 6.10 Å². The van der Waals surface area contributed by atoms with Gasteiger partial charge in [0.1, 0.15) is 5.75 Å². The second-order valence-electron chi connectivity index (χ2n) is 7.27. The molecule has 0 spiro atoms. The lowest BCUT2D eigenvalue weighted by atomic mass is 10.1. The summed E-state index contributed by atoms with van der Waals surface area (Å²) in [5.74, 6) is 0.678. The molecule has 2 atom stereocenters. The standard InChI is InChI=1S/C23H28N2O3/c1-4-16(3)25-15-18-14-19(11-12-21(18)28-20(5-2)23(25)27)24-22(26)13-17-9-7-6-8-10-17/h6-12,14,16,20H,4-5,13,15H2,1-3H3,(H,24,26)/t16-,20+/m1/s1. The van der Waals surface area contributed by atoms with Crippen LogP contribution in [0.15, 0.2) is 48.5 Å². The van der Waals surface area contributed by atoms with Crippen LogP contribution in [0.2, 0.25) is 0 Å². The van der Waals surface area contributed by atoms with Crippen molar-refractivity contribution in [1.29, 1.82) is 0 Å². The summed E-state index contributed by atoms with van der Waals surface area (Å²) in [7, 11) is 0. The van der Waals surface area contributed by atoms with E-state index in [1.54, 1.807) is 0 Å². The third-order valence-corrected chi connectivity index (χ3v) is 5.21. The third kappa shape index (κ3) is 4.53. The number of benzene rings is 2. The van der Waals surface area contributed by atoms with Crippen LogP contribution in [-0.4, -0.2) is 28.9 Å². The van der Waals surface area contributed by atoms with Crippen LogP contribution in [0, 0.1) is 0 Å². The van der Waals surface area contributed by atoms with Crippen molar-refractivity contribution in [3.8, 4) is 5.75 Å². The highest BCUT2D eigenvalue weighted by atomic mass is 16.5. The van der Waals surface area contributed by atoms with Crippen molar-refractivity contribution in [2.24, 2.45) is 0 Å². The molecule has 1 heterocycles. The molecule has 2 aromatic carbocycles. The van der Waals surface area contributed by atoms with E-state index in [9.17, 15) is 9.59 Å². The van der Waals surface area contributed by atoms with Crippen LogP contribution in [-0.2, 0) is 22.6 Å². The normalized spacial score (nSPS) is 17.3. The Morgan fingerprint density at radius 1 is 1.21 bits per heavy atom. The van der Waals surface area contributed by atoms with Crippen molar-refractivity contribution >= 4 is 17.5 Å². The zero-order chi connectivity index (χ0) is 20.1. The van der Waals surface area contributed by atoms with E-state index in [0.717, 1.165) is 23.2 Å². The molecule has 1 aliphatic rings. The smallest absolute Gasteiger partial charge is 0.264 e. The number of fused-ring (bicyclic) bond motifs is 1. The number of amides is 2. The van der Waals surface area contributed by atoms with Gasteiger partial charge in [0.25, 0.3) is 5.91 Å². The molecular formula is C23H28N2O3. The SMILES string of the molecule is CC[C@@H]1Oc2ccc(NC(=O)Cc3ccccc3)cc2CN([C@H](C)CC)C1=O. The fourth-order valence-electron chi connectivity index (χ4n) is 3.38. The number of rotatable bonds is 6. The molecule has 2 amide bonds. The molecule has 2 aromatic rings. The first-order chi connectivity index (χ1) is 13.5. The maximum absolute atomic E-state index is 12.8. The number of nitrogens with zero attached hydrogens (tertiary/aromatic N) is 1. The summed E-state index contributed by atoms with van der Waals surface area (Å²) < 4.78 is 5.99. The molecule has 28 heavy (non-hydrogen) atoms. The zero-order valence-electron chi connectivity index (χ0n) is 16.8. The summed E-state index contributed by atoms with van der Waals surface area (Å²) in [5, 5.41) is 2.96. The van der Waals surface area contributed by atoms with Crippen molar-refractivity contribution in [3.05, 3.63) is 59.7 Å². The summed E-state index contributed by atoms with van der Waals surface area (Å²) >= 11 is 0. The molecule has 1 aliphatic heterocycles. The lowest BCUT2D eigenvalue weighted by Crippen LogP contribution is -2.43. The zero-order valence-corrected chi connectivity index (χ0v) is 16.8. The van der Waals surface area contributed by atoms with Gasteiger partial charge in [0.2, 0.25) is 5.91 Å². The summed E-state index contributed by atoms with van der Waals surface area (Å²) in [6, 6.07) is 15.4. The van der Waals surface area contributed by atoms with Gasteiger partial charge in [-0.15, -0.1) is 0 Å². The minimum atomic E-state index is -0.464. The first kappa shape index (κ1) is 19.9. The van der Waals surface area contributed by atoms with Gasteiger partial charge < -0.3 is 15.0 Å². The Hall–Kier alpha value is -2.82. The van der Waals surface area contributed by atoms with Gasteiger partial charge in [0.15, 0.2) is 6.10 Å². The lowest BCUT2D eigenvalue weighted by Gasteiger charge is -2.28. The molecular weight excluding hydrogens is 352 g/mol. The topological polar surface area (TPSA) is 58.6 Å². The van der Waals surface area contributed by atoms with Gasteiger partial charge in [-0.3, -0.25) is 9.59 Å². The van der Waals surface area contributed by atoms with Crippen molar-refractivity contribution < 1.29 is 14.3 Å². The second-order valence-corrected chi connectivity index (χ2v) is 7.27. The lowest BCUT2D eigenvalue weighted by molar-refractivity contribution is -0.140. The third-order valence-electron chi connectivity index (χ3n) is 5.21. The Bertz CT molecular complexity index is 835. The second kappa shape index (κ2) is 8.91. The highest BCUT2D eigenvalue weighted by molar-refractivity contribution is 5.92. The van der Waals surface area contributed by atoms with Gasteiger partial charge in [-0.05, 0) is 43.5 Å². The van der Waals surface area contributed by atoms with E-state index in [4.69, 9.17) is 4.74 Å². The summed E-state index contributed by atoms with van der Waals surface area (Å²) in [5.41, 5.74) is 2.61. The van der Waals surface area contributed by atoms with E-state index in [-0.39, 0.29) is 17.9 Å². The number of hydrogen-bond donors (Lipinski definition) is 1. The van der Waals surface area contributed by atoms with Crippen LogP contribution in [0.3, 0.4) is 0 Å². The van der Waals surface area contributed by atoms with Crippen LogP contribution in [0.1, 0.15) is 44.7 Å². The maximum atomic E-state index is 12.8. The van der Waals surface area contributed by atoms with Crippen LogP contribution < -0.4 is 10.1 Å². The summed E-state index contributed by atoms with van der Waals surface area (Å²) in [6.45, 7) is 6.58. The van der Waals surface area contributed by atoms with Crippen LogP contribution in [0.5, 0.6) is 5.75 Å². The predicted molar refractivity (Wildman–Crippen MR) is 110 cm³/mol. The molecule has 5 nitrogen and oxygen atoms in total. The van der Waals surface area contributed by atoms with Gasteiger partial charge in [0, 0.05) is 23.8 Å². The van der Waals surface area contributed by atoms with Gasteiger partial charge in [-0.25, -0.2) is 0 Å². The molecule has 0 saturated carbocycles. The van der Waals surface area contributed by atoms with E-state index in [1.807, 2.05) is 60.4 Å². The molecule has 0 saturated heterocycles. The van der Waals surface area contributed by atoms with Gasteiger partial charge in [-0.2, -0.15) is 0 Å². The Kier molecular flexibility index (Phi) is 6.34. The highest BCUT2D eigenvalue weighted by Gasteiger charge is 2.32. The Morgan fingerprint density at radius 3 is 2.64 bits per heavy atom. The number of ether oxygens (including phenoxy) is 1. The monoisotopic (exact) mass is 380 g/mol. The van der Waals surface area contributed by atoms with E-state index in [0.29, 0.717) is 25.1 Å². The van der Waals surface area contributed by atoms with E-state index >= 15 is 0 Å². The average molecular weight is 380 g/mol. The minimum Gasteiger partial charge on any atom is -0.480 e. The van der Waals surface area contributed by atoms with Crippen LogP contribution >= 0.6 is 0 Å². The fraction of sp³-hybridized carbons (Fsp3) is 0.391. The van der Waals surface area contributed by atoms with E-state index in [2.05, 4.69) is 19.2 Å². The molecule has 0 bridgehead atoms. The molecule has 5 heteroatoms. The molecule has 1 N–H and O–H groups in total. The Morgan fingerprint density at radius 2 is 1.96 bits per heavy atom. The Balaban J connectivity index is 1.79. The van der Waals surface area contributed by atoms with Gasteiger partial charge in [0.05, 0.1) is 6.42 Å². The summed E-state index contributed by atoms with van der Waals surface area (Å²) in [4.78, 5) is 27.1. The number of hydrogen-bond acceptors (Lipinski definition) is 3. The molecule has 0 aliphatic carbocycles. The first-order valence-electron chi connectivity index (χ1n) is 9.95. The number of carbonyl (C=O) groups excluding carboxylic acids is 2. The molecule has 0 fully saturated rings. The fourth-order valence-corrected chi connectivity index (χ4v) is 3.38. The number of anilines is 1. The largest absolute Gasteiger partial charge is 0.480 e. The quantitative estimate of drug-likeness (QED) is 0.818.